The van der Waals surface area contributed by atoms with E-state index in [0.29, 0.717) is 0 Å². The Balaban J connectivity index is 1.32. The van der Waals surface area contributed by atoms with Gasteiger partial charge in [0.25, 0.3) is 0 Å². The Morgan fingerprint density at radius 1 is 0.583 bits per heavy atom. The van der Waals surface area contributed by atoms with E-state index in [9.17, 15) is 0 Å². The van der Waals surface area contributed by atoms with Crippen molar-refractivity contribution in [3.63, 3.8) is 0 Å². The molecule has 48 heavy (non-hydrogen) atoms. The second kappa shape index (κ2) is 10.9. The van der Waals surface area contributed by atoms with Gasteiger partial charge in [-0.2, -0.15) is 0 Å². The first-order chi connectivity index (χ1) is 23.8. The lowest BCUT2D eigenvalue weighted by Gasteiger charge is -2.25. The average molecular weight is 636 g/mol. The second-order valence-corrected chi connectivity index (χ2v) is 14.3. The van der Waals surface area contributed by atoms with E-state index in [4.69, 9.17) is 9.97 Å². The summed E-state index contributed by atoms with van der Waals surface area (Å²) < 4.78 is 7.20. The van der Waals surface area contributed by atoms with Crippen LogP contribution in [0.15, 0.2) is 152 Å². The summed E-state index contributed by atoms with van der Waals surface area (Å²) in [4.78, 5) is 10.8. The Bertz CT molecular complexity index is 2630. The molecule has 0 radical (unpaired) electrons. The van der Waals surface area contributed by atoms with Gasteiger partial charge in [-0.1, -0.05) is 121 Å². The Labute approximate surface area is 278 Å². The molecule has 5 aromatic carbocycles. The van der Waals surface area contributed by atoms with Gasteiger partial charge < -0.3 is 4.34 Å². The topological polar surface area (TPSA) is 40.0 Å². The molecule has 10 rings (SSSR count). The highest BCUT2D eigenvalue weighted by molar-refractivity contribution is 7.71. The molecule has 0 aliphatic heterocycles. The highest BCUT2D eigenvalue weighted by Crippen LogP contribution is 2.47. The lowest BCUT2D eigenvalue weighted by atomic mass is 10.0. The lowest BCUT2D eigenvalue weighted by Crippen LogP contribution is -2.19. The van der Waals surface area contributed by atoms with Crippen LogP contribution >= 0.6 is 8.07 Å². The molecule has 5 nitrogen and oxygen atoms in total. The molecule has 4 heterocycles. The predicted molar refractivity (Wildman–Crippen MR) is 200 cm³/mol. The number of aromatic nitrogens is 5. The van der Waals surface area contributed by atoms with Gasteiger partial charge in [-0.3, -0.25) is 8.97 Å². The smallest absolute Gasteiger partial charge is 0.221 e. The predicted octanol–water partition coefficient (Wildman–Crippen LogP) is 9.30. The number of hydrogen-bond donors (Lipinski definition) is 0. The molecule has 1 aliphatic carbocycles. The van der Waals surface area contributed by atoms with E-state index in [1.54, 1.807) is 0 Å². The zero-order valence-corrected chi connectivity index (χ0v) is 27.0. The largest absolute Gasteiger partial charge is 0.312 e. The Hall–Kier alpha value is -5.77. The van der Waals surface area contributed by atoms with Gasteiger partial charge in [-0.15, -0.1) is 0 Å². The molecule has 228 valence electrons. The fourth-order valence-electron chi connectivity index (χ4n) is 7.42. The molecule has 0 saturated carbocycles. The molecule has 0 fully saturated rings. The van der Waals surface area contributed by atoms with Crippen molar-refractivity contribution in [1.82, 2.24) is 23.3 Å². The molecule has 0 atom stereocenters. The Morgan fingerprint density at radius 2 is 1.27 bits per heavy atom. The first kappa shape index (κ1) is 27.4. The normalized spacial score (nSPS) is 12.9. The van der Waals surface area contributed by atoms with Crippen LogP contribution < -0.4 is 10.6 Å². The number of nitrogens with zero attached hydrogens (tertiary/aromatic N) is 5. The van der Waals surface area contributed by atoms with E-state index in [1.807, 2.05) is 6.07 Å². The van der Waals surface area contributed by atoms with Gasteiger partial charge in [0, 0.05) is 32.8 Å². The number of hydrogen-bond acceptors (Lipinski definition) is 2. The van der Waals surface area contributed by atoms with Crippen molar-refractivity contribution in [1.29, 1.82) is 0 Å². The van der Waals surface area contributed by atoms with Crippen molar-refractivity contribution in [3.05, 3.63) is 163 Å². The van der Waals surface area contributed by atoms with Crippen LogP contribution in [0, 0.1) is 0 Å². The summed E-state index contributed by atoms with van der Waals surface area (Å²) >= 11 is 0. The van der Waals surface area contributed by atoms with E-state index in [2.05, 4.69) is 165 Å². The fourth-order valence-corrected chi connectivity index (χ4v) is 9.94. The van der Waals surface area contributed by atoms with Crippen molar-refractivity contribution in [2.45, 2.75) is 12.8 Å². The molecule has 1 aliphatic rings. The van der Waals surface area contributed by atoms with Crippen LogP contribution in [0.1, 0.15) is 17.7 Å². The van der Waals surface area contributed by atoms with Crippen molar-refractivity contribution in [3.8, 4) is 17.1 Å². The summed E-state index contributed by atoms with van der Waals surface area (Å²) in [6.45, 7) is 0. The lowest BCUT2D eigenvalue weighted by molar-refractivity contribution is 0.930. The standard InChI is InChI=1S/C42H30N5P/c1-4-15-29(16-5-1)34-22-14-26-39(43-34)46-37-25-13-12-24-36(37)45-38-28-27-33-32-21-10-11-23-35(32)47(41(33)40(38)44-42(45)46)48(30-17-6-2-7-18-30)31-19-8-3-9-20-31/h1-10,12-22,24-28H,11,23H2. The zero-order valence-electron chi connectivity index (χ0n) is 26.1. The molecule has 0 N–H and O–H groups in total. The third-order valence-corrected chi connectivity index (χ3v) is 11.9. The third-order valence-electron chi connectivity index (χ3n) is 9.48. The summed E-state index contributed by atoms with van der Waals surface area (Å²) in [7, 11) is -0.913. The quantitative estimate of drug-likeness (QED) is 0.177. The number of allylic oxidation sites excluding steroid dienone is 1. The summed E-state index contributed by atoms with van der Waals surface area (Å²) in [6, 6.07) is 51.8. The minimum atomic E-state index is -0.913. The number of fused-ring (bicyclic) bond motifs is 9. The van der Waals surface area contributed by atoms with E-state index >= 15 is 0 Å². The van der Waals surface area contributed by atoms with E-state index in [-0.39, 0.29) is 0 Å². The molecule has 0 amide bonds. The maximum absolute atomic E-state index is 5.58. The van der Waals surface area contributed by atoms with E-state index in [1.165, 1.54) is 32.8 Å². The van der Waals surface area contributed by atoms with Crippen molar-refractivity contribution < 1.29 is 0 Å². The maximum Gasteiger partial charge on any atom is 0.221 e. The minimum absolute atomic E-state index is 0.850. The number of pyridine rings is 1. The van der Waals surface area contributed by atoms with E-state index in [0.717, 1.165) is 57.8 Å². The highest BCUT2D eigenvalue weighted by Gasteiger charge is 2.29. The average Bonchev–Trinajstić information content (AvgIpc) is 3.80. The number of benzene rings is 5. The third kappa shape index (κ3) is 4.08. The van der Waals surface area contributed by atoms with Gasteiger partial charge in [0.05, 0.1) is 35.8 Å². The van der Waals surface area contributed by atoms with Gasteiger partial charge >= 0.3 is 0 Å². The molecule has 4 aromatic heterocycles. The van der Waals surface area contributed by atoms with E-state index < -0.39 is 8.07 Å². The summed E-state index contributed by atoms with van der Waals surface area (Å²) in [6.07, 6.45) is 6.68. The van der Waals surface area contributed by atoms with Gasteiger partial charge in [0.15, 0.2) is 0 Å². The summed E-state index contributed by atoms with van der Waals surface area (Å²) in [5.41, 5.74) is 10.2. The van der Waals surface area contributed by atoms with Crippen LogP contribution in [0.25, 0.3) is 61.9 Å². The molecule has 0 spiro atoms. The van der Waals surface area contributed by atoms with Gasteiger partial charge in [0.1, 0.15) is 11.3 Å². The SMILES string of the molecule is C1=Cc2c(n(P(c3ccccc3)c3ccccc3)c3c2ccc2c3nc3n(-c4cccc(-c5ccccc5)n4)c4ccccc4n23)CC1. The first-order valence-electron chi connectivity index (χ1n) is 16.4. The molecule has 0 unspecified atom stereocenters. The first-order valence-corrected chi connectivity index (χ1v) is 17.7. The summed E-state index contributed by atoms with van der Waals surface area (Å²) in [5, 5.41) is 3.91. The molecule has 6 heteroatoms. The molecular formula is C42H30N5P. The molecular weight excluding hydrogens is 605 g/mol. The van der Waals surface area contributed by atoms with Crippen molar-refractivity contribution in [2.75, 3.05) is 0 Å². The minimum Gasteiger partial charge on any atom is -0.312 e. The monoisotopic (exact) mass is 635 g/mol. The van der Waals surface area contributed by atoms with Crippen LogP contribution in [0.3, 0.4) is 0 Å². The van der Waals surface area contributed by atoms with Gasteiger partial charge in [-0.05, 0) is 49.2 Å². The van der Waals surface area contributed by atoms with Crippen LogP contribution in [0.4, 0.5) is 0 Å². The van der Waals surface area contributed by atoms with Crippen LogP contribution in [0.2, 0.25) is 0 Å². The number of rotatable bonds is 5. The Morgan fingerprint density at radius 3 is 2.02 bits per heavy atom. The molecule has 9 aromatic rings. The van der Waals surface area contributed by atoms with Crippen molar-refractivity contribution >= 4 is 63.5 Å². The maximum atomic E-state index is 5.58. The van der Waals surface area contributed by atoms with Crippen LogP contribution in [-0.4, -0.2) is 23.3 Å². The zero-order chi connectivity index (χ0) is 31.6. The number of para-hydroxylation sites is 2. The number of imidazole rings is 2. The second-order valence-electron chi connectivity index (χ2n) is 12.2. The fraction of sp³-hybridized carbons (Fsp3) is 0.0476. The molecule has 0 bridgehead atoms. The van der Waals surface area contributed by atoms with Crippen molar-refractivity contribution in [2.24, 2.45) is 0 Å². The van der Waals surface area contributed by atoms with Gasteiger partial charge in [0.2, 0.25) is 5.78 Å². The van der Waals surface area contributed by atoms with Crippen LogP contribution in [-0.2, 0) is 6.42 Å². The summed E-state index contributed by atoms with van der Waals surface area (Å²) in [5.74, 6) is 1.71. The highest BCUT2D eigenvalue weighted by atomic mass is 31.1. The van der Waals surface area contributed by atoms with Gasteiger partial charge in [-0.25, -0.2) is 9.97 Å². The van der Waals surface area contributed by atoms with Crippen LogP contribution in [0.5, 0.6) is 0 Å². The Kier molecular flexibility index (Phi) is 6.21. The molecule has 0 saturated heterocycles.